The number of carbonyl (C=O) groups is 5. The Hall–Kier alpha value is -3.67. The number of nitrogens with one attached hydrogen (secondary N) is 4. The largest absolute Gasteiger partial charge is 0.460 e. The van der Waals surface area contributed by atoms with Gasteiger partial charge in [0.05, 0.1) is 0 Å². The molecule has 1 fully saturated rings. The van der Waals surface area contributed by atoms with E-state index in [0.717, 1.165) is 31.2 Å². The van der Waals surface area contributed by atoms with Gasteiger partial charge in [0.25, 0.3) is 0 Å². The molecule has 2 rings (SSSR count). The summed E-state index contributed by atoms with van der Waals surface area (Å²) in [4.78, 5) is 65.2. The van der Waals surface area contributed by atoms with E-state index >= 15 is 0 Å². The standard InChI is InChI=1S/C40H67N5O7/c1-38(2,3)32(45-37(50)44-30(36(49)52-40(7,8)9)22-23-33(46)51-39(4,5)6)17-13-14-24-42-35(48)31(25-27-15-11-10-12-16-27)43-34(47)29-20-18-28(26-41)19-21-29/h10-12,15-16,28-32H,13-14,17-26,41H2,1-9H3,(H,42,48)(H,43,47)(H2,44,45,50)/t28?,29?,30-,31-,32-/m0/s1. The van der Waals surface area contributed by atoms with Gasteiger partial charge in [-0.15, -0.1) is 0 Å². The van der Waals surface area contributed by atoms with Crippen molar-refractivity contribution in [3.8, 4) is 0 Å². The number of esters is 2. The number of hydrogen-bond acceptors (Lipinski definition) is 8. The molecule has 0 unspecified atom stereocenters. The van der Waals surface area contributed by atoms with Crippen molar-refractivity contribution in [3.63, 3.8) is 0 Å². The lowest BCUT2D eigenvalue weighted by Crippen LogP contribution is -2.53. The molecule has 0 spiro atoms. The number of ether oxygens (including phenoxy) is 2. The minimum absolute atomic E-state index is 0.0260. The molecule has 12 nitrogen and oxygen atoms in total. The van der Waals surface area contributed by atoms with E-state index in [1.165, 1.54) is 0 Å². The van der Waals surface area contributed by atoms with E-state index in [1.807, 2.05) is 51.1 Å². The van der Waals surface area contributed by atoms with Crippen LogP contribution in [0.5, 0.6) is 0 Å². The smallest absolute Gasteiger partial charge is 0.329 e. The van der Waals surface area contributed by atoms with Gasteiger partial charge in [-0.3, -0.25) is 14.4 Å². The van der Waals surface area contributed by atoms with Gasteiger partial charge in [-0.1, -0.05) is 51.1 Å². The van der Waals surface area contributed by atoms with Gasteiger partial charge in [0.15, 0.2) is 0 Å². The third-order valence-corrected chi connectivity index (χ3v) is 9.09. The van der Waals surface area contributed by atoms with E-state index < -0.39 is 41.3 Å². The minimum atomic E-state index is -1.05. The lowest BCUT2D eigenvalue weighted by Gasteiger charge is -2.32. The average molecular weight is 730 g/mol. The van der Waals surface area contributed by atoms with Gasteiger partial charge in [-0.25, -0.2) is 9.59 Å². The second-order valence-corrected chi connectivity index (χ2v) is 17.2. The van der Waals surface area contributed by atoms with Crippen LogP contribution >= 0.6 is 0 Å². The Morgan fingerprint density at radius 1 is 0.769 bits per heavy atom. The van der Waals surface area contributed by atoms with Crippen LogP contribution in [0.25, 0.3) is 0 Å². The molecule has 3 atom stereocenters. The molecular weight excluding hydrogens is 662 g/mol. The number of hydrogen-bond donors (Lipinski definition) is 5. The highest BCUT2D eigenvalue weighted by Crippen LogP contribution is 2.28. The molecule has 52 heavy (non-hydrogen) atoms. The molecule has 1 aromatic carbocycles. The van der Waals surface area contributed by atoms with E-state index in [1.54, 1.807) is 41.5 Å². The maximum absolute atomic E-state index is 13.4. The minimum Gasteiger partial charge on any atom is -0.460 e. The van der Waals surface area contributed by atoms with Crippen LogP contribution in [0.3, 0.4) is 0 Å². The molecule has 12 heteroatoms. The van der Waals surface area contributed by atoms with Crippen LogP contribution in [0.4, 0.5) is 4.79 Å². The zero-order valence-electron chi connectivity index (χ0n) is 33.2. The Bertz CT molecular complexity index is 1290. The van der Waals surface area contributed by atoms with Crippen LogP contribution in [0.2, 0.25) is 0 Å². The molecule has 0 bridgehead atoms. The molecule has 0 heterocycles. The van der Waals surface area contributed by atoms with Crippen molar-refractivity contribution in [1.82, 2.24) is 21.3 Å². The summed E-state index contributed by atoms with van der Waals surface area (Å²) >= 11 is 0. The number of carbonyl (C=O) groups excluding carboxylic acids is 5. The van der Waals surface area contributed by atoms with Crippen LogP contribution in [-0.2, 0) is 35.1 Å². The first-order valence-electron chi connectivity index (χ1n) is 19.0. The molecule has 294 valence electrons. The molecule has 1 saturated carbocycles. The van der Waals surface area contributed by atoms with Crippen molar-refractivity contribution >= 4 is 29.8 Å². The zero-order valence-corrected chi connectivity index (χ0v) is 33.2. The summed E-state index contributed by atoms with van der Waals surface area (Å²) in [6, 6.07) is 7.12. The Morgan fingerprint density at radius 2 is 1.38 bits per heavy atom. The molecule has 0 aliphatic heterocycles. The Morgan fingerprint density at radius 3 is 1.94 bits per heavy atom. The maximum atomic E-state index is 13.4. The van der Waals surface area contributed by atoms with Crippen molar-refractivity contribution in [3.05, 3.63) is 35.9 Å². The molecule has 1 aliphatic rings. The molecule has 0 aromatic heterocycles. The number of rotatable bonds is 17. The van der Waals surface area contributed by atoms with Crippen molar-refractivity contribution in [2.24, 2.45) is 23.0 Å². The third-order valence-electron chi connectivity index (χ3n) is 9.09. The molecule has 4 amide bonds. The number of benzene rings is 1. The van der Waals surface area contributed by atoms with Crippen LogP contribution < -0.4 is 27.0 Å². The summed E-state index contributed by atoms with van der Waals surface area (Å²) in [6.45, 7) is 17.6. The maximum Gasteiger partial charge on any atom is 0.329 e. The van der Waals surface area contributed by atoms with Crippen molar-refractivity contribution in [1.29, 1.82) is 0 Å². The summed E-state index contributed by atoms with van der Waals surface area (Å²) in [7, 11) is 0. The first-order chi connectivity index (χ1) is 24.2. The normalized spacial score (nSPS) is 18.3. The Labute approximate surface area is 311 Å². The van der Waals surface area contributed by atoms with E-state index in [9.17, 15) is 24.0 Å². The Kier molecular flexibility index (Phi) is 17.6. The van der Waals surface area contributed by atoms with E-state index in [-0.39, 0.29) is 42.0 Å². The molecule has 1 aliphatic carbocycles. The van der Waals surface area contributed by atoms with Crippen molar-refractivity contribution in [2.45, 2.75) is 156 Å². The summed E-state index contributed by atoms with van der Waals surface area (Å²) in [6.07, 6.45) is 5.75. The van der Waals surface area contributed by atoms with E-state index in [2.05, 4.69) is 21.3 Å². The van der Waals surface area contributed by atoms with Gasteiger partial charge < -0.3 is 36.5 Å². The number of amides is 4. The van der Waals surface area contributed by atoms with Crippen LogP contribution in [-0.4, -0.2) is 72.2 Å². The number of unbranched alkanes of at least 4 members (excludes halogenated alkanes) is 1. The van der Waals surface area contributed by atoms with Gasteiger partial charge >= 0.3 is 18.0 Å². The fourth-order valence-corrected chi connectivity index (χ4v) is 6.17. The van der Waals surface area contributed by atoms with Gasteiger partial charge in [0, 0.05) is 31.3 Å². The third kappa shape index (κ3) is 17.7. The molecule has 0 radical (unpaired) electrons. The van der Waals surface area contributed by atoms with Gasteiger partial charge in [-0.2, -0.15) is 0 Å². The summed E-state index contributed by atoms with van der Waals surface area (Å²) in [5.74, 6) is -1.06. The predicted octanol–water partition coefficient (Wildman–Crippen LogP) is 5.31. The van der Waals surface area contributed by atoms with E-state index in [0.29, 0.717) is 44.7 Å². The summed E-state index contributed by atoms with van der Waals surface area (Å²) in [5, 5.41) is 11.8. The second kappa shape index (κ2) is 20.5. The predicted molar refractivity (Wildman–Crippen MR) is 203 cm³/mol. The lowest BCUT2D eigenvalue weighted by molar-refractivity contribution is -0.158. The SMILES string of the molecule is CC(C)(C)OC(=O)CC[C@H](NC(=O)N[C@@H](CCCCNC(=O)[C@H](Cc1ccccc1)NC(=O)C1CCC(CN)CC1)C(C)(C)C)C(=O)OC(C)(C)C. The quantitative estimate of drug-likeness (QED) is 0.106. The summed E-state index contributed by atoms with van der Waals surface area (Å²) < 4.78 is 10.9. The van der Waals surface area contributed by atoms with Gasteiger partial charge in [-0.05, 0) is 116 Å². The van der Waals surface area contributed by atoms with Crippen molar-refractivity contribution in [2.75, 3.05) is 13.1 Å². The number of nitrogens with two attached hydrogens (primary N) is 1. The molecule has 1 aromatic rings. The first-order valence-corrected chi connectivity index (χ1v) is 19.0. The van der Waals surface area contributed by atoms with Crippen molar-refractivity contribution < 1.29 is 33.4 Å². The molecular formula is C40H67N5O7. The van der Waals surface area contributed by atoms with Gasteiger partial charge in [0.2, 0.25) is 11.8 Å². The summed E-state index contributed by atoms with van der Waals surface area (Å²) in [5.41, 5.74) is 5.03. The molecule has 0 saturated heterocycles. The van der Waals surface area contributed by atoms with Crippen LogP contribution in [0.1, 0.15) is 126 Å². The topological polar surface area (TPSA) is 178 Å². The second-order valence-electron chi connectivity index (χ2n) is 17.2. The number of urea groups is 1. The fraction of sp³-hybridized carbons (Fsp3) is 0.725. The first kappa shape index (κ1) is 44.5. The van der Waals surface area contributed by atoms with Gasteiger partial charge in [0.1, 0.15) is 23.3 Å². The molecule has 6 N–H and O–H groups in total. The fourth-order valence-electron chi connectivity index (χ4n) is 6.17. The van der Waals surface area contributed by atoms with Crippen LogP contribution in [0, 0.1) is 17.3 Å². The monoisotopic (exact) mass is 730 g/mol. The highest BCUT2D eigenvalue weighted by Gasteiger charge is 2.32. The highest BCUT2D eigenvalue weighted by atomic mass is 16.6. The van der Waals surface area contributed by atoms with Crippen LogP contribution in [0.15, 0.2) is 30.3 Å². The van der Waals surface area contributed by atoms with E-state index in [4.69, 9.17) is 15.2 Å². The highest BCUT2D eigenvalue weighted by molar-refractivity contribution is 5.89. The average Bonchev–Trinajstić information content (AvgIpc) is 3.03. The Balaban J connectivity index is 1.96. The zero-order chi connectivity index (χ0) is 39.1. The lowest BCUT2D eigenvalue weighted by atomic mass is 9.81.